The van der Waals surface area contributed by atoms with E-state index in [0.29, 0.717) is 22.9 Å². The summed E-state index contributed by atoms with van der Waals surface area (Å²) in [6.07, 6.45) is 0. The maximum absolute atomic E-state index is 12.6. The Kier molecular flexibility index (Phi) is 4.64. The summed E-state index contributed by atoms with van der Waals surface area (Å²) < 4.78 is 37.1. The van der Waals surface area contributed by atoms with E-state index >= 15 is 0 Å². The Hall–Kier alpha value is -2.64. The molecule has 0 radical (unpaired) electrons. The Morgan fingerprint density at radius 3 is 2.59 bits per heavy atom. The van der Waals surface area contributed by atoms with Gasteiger partial charge in [0.1, 0.15) is 17.2 Å². The smallest absolute Gasteiger partial charge is 0.179 e. The SMILES string of the molecule is O=S(=O)(CC1CS1)c1ccc2c(c1)NCc1cc(Oc3ccccc3)ccc1O2. The number of anilines is 1. The van der Waals surface area contributed by atoms with Crippen molar-refractivity contribution >= 4 is 27.3 Å². The van der Waals surface area contributed by atoms with Crippen molar-refractivity contribution in [2.45, 2.75) is 16.7 Å². The van der Waals surface area contributed by atoms with Crippen molar-refractivity contribution in [2.75, 3.05) is 16.8 Å². The average Bonchev–Trinajstić information content (AvgIpc) is 3.54. The monoisotopic (exact) mass is 425 g/mol. The summed E-state index contributed by atoms with van der Waals surface area (Å²) in [6.45, 7) is 0.510. The molecule has 0 amide bonds. The van der Waals surface area contributed by atoms with E-state index in [1.54, 1.807) is 30.0 Å². The van der Waals surface area contributed by atoms with Gasteiger partial charge in [-0.15, -0.1) is 0 Å². The zero-order valence-corrected chi connectivity index (χ0v) is 17.1. The third-order valence-corrected chi connectivity index (χ3v) is 7.81. The van der Waals surface area contributed by atoms with Crippen molar-refractivity contribution in [1.82, 2.24) is 0 Å². The molecule has 148 valence electrons. The molecule has 0 aromatic heterocycles. The van der Waals surface area contributed by atoms with Crippen LogP contribution in [0.2, 0.25) is 0 Å². The van der Waals surface area contributed by atoms with Crippen LogP contribution in [0.1, 0.15) is 5.56 Å². The Balaban J connectivity index is 1.39. The molecule has 3 aromatic carbocycles. The molecule has 2 aliphatic heterocycles. The highest BCUT2D eigenvalue weighted by Gasteiger charge is 2.30. The number of hydrogen-bond acceptors (Lipinski definition) is 6. The highest BCUT2D eigenvalue weighted by Crippen LogP contribution is 2.39. The Labute approximate surface area is 174 Å². The van der Waals surface area contributed by atoms with E-state index in [0.717, 1.165) is 28.6 Å². The highest BCUT2D eigenvalue weighted by atomic mass is 32.2. The normalized spacial score (nSPS) is 17.2. The van der Waals surface area contributed by atoms with Crippen molar-refractivity contribution < 1.29 is 17.9 Å². The van der Waals surface area contributed by atoms with Gasteiger partial charge < -0.3 is 14.8 Å². The van der Waals surface area contributed by atoms with Crippen LogP contribution >= 0.6 is 11.8 Å². The molecule has 0 spiro atoms. The summed E-state index contributed by atoms with van der Waals surface area (Å²) >= 11 is 1.68. The quantitative estimate of drug-likeness (QED) is 0.575. The molecule has 2 heterocycles. The van der Waals surface area contributed by atoms with Gasteiger partial charge >= 0.3 is 0 Å². The minimum absolute atomic E-state index is 0.192. The van der Waals surface area contributed by atoms with Gasteiger partial charge in [-0.3, -0.25) is 0 Å². The molecule has 1 atom stereocenters. The number of fused-ring (bicyclic) bond motifs is 2. The number of rotatable bonds is 5. The summed E-state index contributed by atoms with van der Waals surface area (Å²) in [5.41, 5.74) is 1.62. The van der Waals surface area contributed by atoms with Gasteiger partial charge in [-0.25, -0.2) is 8.42 Å². The van der Waals surface area contributed by atoms with Crippen LogP contribution in [-0.2, 0) is 16.4 Å². The molecule has 1 unspecified atom stereocenters. The van der Waals surface area contributed by atoms with Gasteiger partial charge in [-0.2, -0.15) is 11.8 Å². The first-order valence-electron chi connectivity index (χ1n) is 9.33. The molecule has 1 saturated heterocycles. The van der Waals surface area contributed by atoms with E-state index in [-0.39, 0.29) is 11.0 Å². The van der Waals surface area contributed by atoms with Crippen molar-refractivity contribution in [3.63, 3.8) is 0 Å². The van der Waals surface area contributed by atoms with Crippen LogP contribution in [0.5, 0.6) is 23.0 Å². The van der Waals surface area contributed by atoms with Gasteiger partial charge in [0.25, 0.3) is 0 Å². The second-order valence-corrected chi connectivity index (χ2v) is 10.4. The standard InChI is InChI=1S/C22H19NO4S2/c24-29(25,14-18-13-28-18)19-7-9-22-20(11-19)23-12-15-10-17(6-8-21(15)27-22)26-16-4-2-1-3-5-16/h1-11,18,23H,12-14H2. The Bertz CT molecular complexity index is 1160. The number of para-hydroxylation sites is 1. The second-order valence-electron chi connectivity index (χ2n) is 7.03. The van der Waals surface area contributed by atoms with Crippen LogP contribution in [-0.4, -0.2) is 25.2 Å². The van der Waals surface area contributed by atoms with Crippen molar-refractivity contribution in [2.24, 2.45) is 0 Å². The first-order chi connectivity index (χ1) is 14.1. The van der Waals surface area contributed by atoms with Crippen molar-refractivity contribution in [3.8, 4) is 23.0 Å². The summed E-state index contributed by atoms with van der Waals surface area (Å²) in [5.74, 6) is 3.94. The highest BCUT2D eigenvalue weighted by molar-refractivity contribution is 8.08. The molecule has 5 rings (SSSR count). The van der Waals surface area contributed by atoms with Crippen LogP contribution in [0.4, 0.5) is 5.69 Å². The number of hydrogen-bond donors (Lipinski definition) is 1. The molecule has 1 fully saturated rings. The molecule has 3 aromatic rings. The van der Waals surface area contributed by atoms with E-state index in [1.165, 1.54) is 0 Å². The lowest BCUT2D eigenvalue weighted by molar-refractivity contribution is 0.468. The number of nitrogens with one attached hydrogen (secondary N) is 1. The summed E-state index contributed by atoms with van der Waals surface area (Å²) in [6, 6.07) is 20.3. The van der Waals surface area contributed by atoms with Gasteiger partial charge in [0.15, 0.2) is 15.6 Å². The van der Waals surface area contributed by atoms with Gasteiger partial charge in [0.05, 0.1) is 16.3 Å². The van der Waals surface area contributed by atoms with Gasteiger partial charge in [-0.05, 0) is 48.5 Å². The van der Waals surface area contributed by atoms with E-state index in [4.69, 9.17) is 9.47 Å². The fourth-order valence-corrected chi connectivity index (χ4v) is 5.92. The van der Waals surface area contributed by atoms with Crippen LogP contribution < -0.4 is 14.8 Å². The molecule has 2 aliphatic rings. The van der Waals surface area contributed by atoms with Crippen molar-refractivity contribution in [3.05, 3.63) is 72.3 Å². The first kappa shape index (κ1) is 18.4. The number of ether oxygens (including phenoxy) is 2. The number of sulfone groups is 1. The first-order valence-corrected chi connectivity index (χ1v) is 12.0. The van der Waals surface area contributed by atoms with E-state index in [1.807, 2.05) is 48.5 Å². The molecule has 7 heteroatoms. The lowest BCUT2D eigenvalue weighted by Crippen LogP contribution is -2.11. The van der Waals surface area contributed by atoms with Crippen LogP contribution in [0, 0.1) is 0 Å². The molecule has 0 saturated carbocycles. The third kappa shape index (κ3) is 4.06. The van der Waals surface area contributed by atoms with Crippen LogP contribution in [0.3, 0.4) is 0 Å². The van der Waals surface area contributed by atoms with E-state index < -0.39 is 9.84 Å². The predicted molar refractivity (Wildman–Crippen MR) is 115 cm³/mol. The zero-order chi connectivity index (χ0) is 19.8. The molecule has 0 bridgehead atoms. The maximum atomic E-state index is 12.6. The summed E-state index contributed by atoms with van der Waals surface area (Å²) in [5, 5.41) is 3.54. The molecule has 1 N–H and O–H groups in total. The van der Waals surface area contributed by atoms with Gasteiger partial charge in [0, 0.05) is 23.1 Å². The third-order valence-electron chi connectivity index (χ3n) is 4.82. The molecule has 0 aliphatic carbocycles. The molecule has 29 heavy (non-hydrogen) atoms. The van der Waals surface area contributed by atoms with Crippen LogP contribution in [0.25, 0.3) is 0 Å². The Morgan fingerprint density at radius 2 is 1.79 bits per heavy atom. The molecular formula is C22H19NO4S2. The Morgan fingerprint density at radius 1 is 1.00 bits per heavy atom. The van der Waals surface area contributed by atoms with Crippen molar-refractivity contribution in [1.29, 1.82) is 0 Å². The second kappa shape index (κ2) is 7.31. The van der Waals surface area contributed by atoms with Gasteiger partial charge in [0.2, 0.25) is 0 Å². The van der Waals surface area contributed by atoms with Crippen LogP contribution in [0.15, 0.2) is 71.6 Å². The zero-order valence-electron chi connectivity index (χ0n) is 15.5. The minimum atomic E-state index is -3.29. The summed E-state index contributed by atoms with van der Waals surface area (Å²) in [7, 11) is -3.29. The lowest BCUT2D eigenvalue weighted by Gasteiger charge is -2.11. The topological polar surface area (TPSA) is 64.6 Å². The summed E-state index contributed by atoms with van der Waals surface area (Å²) in [4.78, 5) is 0.332. The average molecular weight is 426 g/mol. The number of thioether (sulfide) groups is 1. The lowest BCUT2D eigenvalue weighted by atomic mass is 10.2. The minimum Gasteiger partial charge on any atom is -0.457 e. The molecule has 5 nitrogen and oxygen atoms in total. The van der Waals surface area contributed by atoms with Gasteiger partial charge in [-0.1, -0.05) is 18.2 Å². The van der Waals surface area contributed by atoms with E-state index in [2.05, 4.69) is 5.32 Å². The van der Waals surface area contributed by atoms with E-state index in [9.17, 15) is 8.42 Å². The fourth-order valence-electron chi connectivity index (χ4n) is 3.23. The largest absolute Gasteiger partial charge is 0.457 e. The maximum Gasteiger partial charge on any atom is 0.179 e. The predicted octanol–water partition coefficient (Wildman–Crippen LogP) is 5.09. The fraction of sp³-hybridized carbons (Fsp3) is 0.182. The number of benzene rings is 3. The molecular weight excluding hydrogens is 406 g/mol.